The highest BCUT2D eigenvalue weighted by Crippen LogP contribution is 2.41. The number of amides is 4. The number of carbonyl (C=O) groups is 5. The Morgan fingerprint density at radius 1 is 1.12 bits per heavy atom. The second-order valence-corrected chi connectivity index (χ2v) is 16.0. The smallest absolute Gasteiger partial charge is 0.414 e. The van der Waals surface area contributed by atoms with Crippen LogP contribution in [0.2, 0.25) is 0 Å². The lowest BCUT2D eigenvalue weighted by Crippen LogP contribution is -2.71. The van der Waals surface area contributed by atoms with Crippen LogP contribution >= 0.6 is 23.3 Å². The third-order valence-electron chi connectivity index (χ3n) is 8.66. The zero-order valence-electron chi connectivity index (χ0n) is 33.1. The first-order chi connectivity index (χ1) is 28.8. The van der Waals surface area contributed by atoms with Crippen molar-refractivity contribution in [2.45, 2.75) is 64.3 Å². The summed E-state index contributed by atoms with van der Waals surface area (Å²) in [7, 11) is 1.55. The Hall–Kier alpha value is -6.70. The summed E-state index contributed by atoms with van der Waals surface area (Å²) >= 11 is 2.16. The number of methoxy groups -OCH3 is 1. The maximum absolute atomic E-state index is 13.9. The molecule has 6 rings (SSSR count). The fraction of sp³-hybridized carbons (Fsp3) is 0.333. The fourth-order valence-corrected chi connectivity index (χ4v) is 7.86. The highest BCUT2D eigenvalue weighted by molar-refractivity contribution is 8.00. The normalized spacial score (nSPS) is 16.2. The summed E-state index contributed by atoms with van der Waals surface area (Å²) in [6.07, 6.45) is 4.67. The van der Waals surface area contributed by atoms with E-state index in [4.69, 9.17) is 24.5 Å². The van der Waals surface area contributed by atoms with Gasteiger partial charge < -0.3 is 29.3 Å². The van der Waals surface area contributed by atoms with Crippen LogP contribution in [0.3, 0.4) is 0 Å². The van der Waals surface area contributed by atoms with E-state index in [0.29, 0.717) is 28.3 Å². The summed E-state index contributed by atoms with van der Waals surface area (Å²) in [4.78, 5) is 82.8. The van der Waals surface area contributed by atoms with Crippen LogP contribution in [0.4, 0.5) is 9.93 Å². The summed E-state index contributed by atoms with van der Waals surface area (Å²) in [6, 6.07) is 13.3. The van der Waals surface area contributed by atoms with Gasteiger partial charge >= 0.3 is 12.1 Å². The van der Waals surface area contributed by atoms with Crippen molar-refractivity contribution in [3.8, 4) is 16.9 Å². The molecule has 0 saturated carbocycles. The number of fused-ring (bicyclic) bond motifs is 1. The van der Waals surface area contributed by atoms with E-state index in [1.807, 2.05) is 35.2 Å². The summed E-state index contributed by atoms with van der Waals surface area (Å²) in [6.45, 7) is 7.08. The quantitative estimate of drug-likeness (QED) is 0.0438. The van der Waals surface area contributed by atoms with E-state index >= 15 is 0 Å². The molecule has 2 unspecified atom stereocenters. The summed E-state index contributed by atoms with van der Waals surface area (Å²) in [5.74, 6) is -1.73. The van der Waals surface area contributed by atoms with Gasteiger partial charge in [-0.2, -0.15) is 9.36 Å². The molecule has 0 spiro atoms. The lowest BCUT2D eigenvalue weighted by atomic mass is 10.0. The standard InChI is InChI=1S/C39H40N10O9S2/c1-6-57-46-29(32-44-37(60-47-32)45-38(54)58-39(2,3)4)33(51)43-30-34(52)49-31(36(53)56-19-22-7-9-27(55-5)10-8-22)25(20-59-35(30)49)18-48-13-11-23(12-14-48)24-15-26(41-17-24)16-28(50)42-21-40/h7-15,17,30,35,40H,6,16,18-20H2,1-5H3,(H2,43,44,45,47,51,54)/p+1/b46-29+. The molecule has 21 heteroatoms. The number of ether oxygens (including phenoxy) is 3. The van der Waals surface area contributed by atoms with Gasteiger partial charge in [-0.15, -0.1) is 16.8 Å². The first-order valence-corrected chi connectivity index (χ1v) is 20.2. The number of oxime groups is 1. The molecule has 2 aliphatic rings. The Kier molecular flexibility index (Phi) is 13.5. The van der Waals surface area contributed by atoms with Gasteiger partial charge in [-0.25, -0.2) is 19.6 Å². The third-order valence-corrected chi connectivity index (χ3v) is 10.6. The van der Waals surface area contributed by atoms with Crippen LogP contribution in [0.15, 0.2) is 82.5 Å². The Balaban J connectivity index is 1.20. The van der Waals surface area contributed by atoms with Crippen LogP contribution < -0.4 is 19.9 Å². The summed E-state index contributed by atoms with van der Waals surface area (Å²) in [5, 5.41) is 15.3. The number of thioether (sulfide) groups is 1. The predicted octanol–water partition coefficient (Wildman–Crippen LogP) is 3.84. The Morgan fingerprint density at radius 3 is 2.55 bits per heavy atom. The SMILES string of the molecule is CCO/N=C(/C(=O)NC1C(=O)N2C(C(=O)OCc3ccc(OC)cc3)=C(C[n+]3ccc(-c4c[nH]c(CC(=O)N=C=N)c4)cc3)CSC12)c1nsc(NC(=O)OC(C)(C)C)n1. The van der Waals surface area contributed by atoms with E-state index < -0.39 is 46.8 Å². The van der Waals surface area contributed by atoms with Crippen LogP contribution in [0.1, 0.15) is 44.8 Å². The highest BCUT2D eigenvalue weighted by atomic mass is 32.2. The second kappa shape index (κ2) is 18.9. The number of nitrogens with zero attached hydrogens (tertiary/aromatic N) is 6. The molecule has 4 N–H and O–H groups in total. The van der Waals surface area contributed by atoms with E-state index in [1.54, 1.807) is 71.3 Å². The van der Waals surface area contributed by atoms with Gasteiger partial charge in [0, 0.05) is 46.9 Å². The molecule has 2 atom stereocenters. The Bertz CT molecular complexity index is 2380. The van der Waals surface area contributed by atoms with E-state index in [-0.39, 0.29) is 48.5 Å². The molecule has 3 aromatic heterocycles. The third kappa shape index (κ3) is 10.5. The van der Waals surface area contributed by atoms with Gasteiger partial charge in [0.25, 0.3) is 17.7 Å². The number of benzene rings is 1. The second-order valence-electron chi connectivity index (χ2n) is 14.1. The van der Waals surface area contributed by atoms with E-state index in [9.17, 15) is 24.0 Å². The van der Waals surface area contributed by atoms with Crippen molar-refractivity contribution in [2.75, 3.05) is 24.8 Å². The molecule has 0 bridgehead atoms. The van der Waals surface area contributed by atoms with Gasteiger partial charge in [0.1, 0.15) is 41.7 Å². The van der Waals surface area contributed by atoms with Crippen molar-refractivity contribution in [3.63, 3.8) is 0 Å². The number of hydrogen-bond acceptors (Lipinski definition) is 15. The Labute approximate surface area is 351 Å². The molecule has 312 valence electrons. The largest absolute Gasteiger partial charge is 0.497 e. The minimum Gasteiger partial charge on any atom is -0.497 e. The number of esters is 1. The van der Waals surface area contributed by atoms with Crippen LogP contribution in [0, 0.1) is 5.41 Å². The number of aliphatic imine (C=N–C) groups is 1. The first-order valence-electron chi connectivity index (χ1n) is 18.4. The number of hydrogen-bond donors (Lipinski definition) is 4. The zero-order chi connectivity index (χ0) is 43.0. The molecule has 4 aromatic rings. The molecular weight excluding hydrogens is 817 g/mol. The maximum atomic E-state index is 13.9. The molecule has 4 amide bonds. The van der Waals surface area contributed by atoms with Crippen LogP contribution in [0.25, 0.3) is 11.1 Å². The maximum Gasteiger partial charge on any atom is 0.414 e. The molecule has 1 fully saturated rings. The first kappa shape index (κ1) is 42.9. The van der Waals surface area contributed by atoms with Crippen molar-refractivity contribution in [2.24, 2.45) is 10.1 Å². The van der Waals surface area contributed by atoms with Gasteiger partial charge in [0.05, 0.1) is 19.5 Å². The predicted molar refractivity (Wildman–Crippen MR) is 218 cm³/mol. The number of β-lactam (4-membered cyclic amide) rings is 1. The number of pyridine rings is 1. The molecule has 1 saturated heterocycles. The van der Waals surface area contributed by atoms with Gasteiger partial charge in [0.15, 0.2) is 18.9 Å². The molecule has 2 aliphatic heterocycles. The van der Waals surface area contributed by atoms with Crippen LogP contribution in [-0.2, 0) is 53.1 Å². The van der Waals surface area contributed by atoms with E-state index in [2.05, 4.69) is 35.1 Å². The number of rotatable bonds is 15. The van der Waals surface area contributed by atoms with Crippen molar-refractivity contribution < 1.29 is 47.6 Å². The van der Waals surface area contributed by atoms with Crippen molar-refractivity contribution in [1.82, 2.24) is 24.6 Å². The van der Waals surface area contributed by atoms with E-state index in [0.717, 1.165) is 22.7 Å². The van der Waals surface area contributed by atoms with E-state index in [1.165, 1.54) is 16.7 Å². The lowest BCUT2D eigenvalue weighted by Gasteiger charge is -2.49. The van der Waals surface area contributed by atoms with Crippen molar-refractivity contribution in [1.29, 1.82) is 5.41 Å². The number of anilines is 1. The Morgan fingerprint density at radius 2 is 1.87 bits per heavy atom. The van der Waals surface area contributed by atoms with Gasteiger partial charge in [0.2, 0.25) is 16.7 Å². The number of H-pyrrole nitrogens is 1. The lowest BCUT2D eigenvalue weighted by molar-refractivity contribution is -0.689. The number of aromatic nitrogens is 4. The van der Waals surface area contributed by atoms with Gasteiger partial charge in [-0.05, 0) is 62.6 Å². The molecular formula is C39H41N10O9S2+. The van der Waals surface area contributed by atoms with Crippen molar-refractivity contribution in [3.05, 3.63) is 89.4 Å². The molecule has 5 heterocycles. The minimum atomic E-state index is -1.05. The van der Waals surface area contributed by atoms with Gasteiger partial charge in [-0.1, -0.05) is 17.3 Å². The number of nitrogens with one attached hydrogen (secondary N) is 4. The van der Waals surface area contributed by atoms with Crippen molar-refractivity contribution >= 4 is 69.9 Å². The average molecular weight is 858 g/mol. The zero-order valence-corrected chi connectivity index (χ0v) is 34.8. The molecule has 60 heavy (non-hydrogen) atoms. The number of aromatic amines is 1. The number of carbonyl (C=O) groups excluding carboxylic acids is 5. The monoisotopic (exact) mass is 857 g/mol. The molecule has 1 aromatic carbocycles. The molecule has 19 nitrogen and oxygen atoms in total. The molecule has 0 aliphatic carbocycles. The van der Waals surface area contributed by atoms with Crippen LogP contribution in [0.5, 0.6) is 5.75 Å². The molecule has 0 radical (unpaired) electrons. The summed E-state index contributed by atoms with van der Waals surface area (Å²) in [5.41, 5.74) is 2.65. The minimum absolute atomic E-state index is 0.00356. The summed E-state index contributed by atoms with van der Waals surface area (Å²) < 4.78 is 22.3. The topological polar surface area (TPSA) is 244 Å². The average Bonchev–Trinajstić information content (AvgIpc) is 3.88. The van der Waals surface area contributed by atoms with Gasteiger partial charge in [-0.3, -0.25) is 24.6 Å². The van der Waals surface area contributed by atoms with Crippen LogP contribution in [-0.4, -0.2) is 97.2 Å². The fourth-order valence-electron chi connectivity index (χ4n) is 5.97. The highest BCUT2D eigenvalue weighted by Gasteiger charge is 2.55.